The van der Waals surface area contributed by atoms with E-state index in [0.29, 0.717) is 12.0 Å². The molecule has 1 aliphatic rings. The van der Waals surface area contributed by atoms with Crippen LogP contribution in [0.25, 0.3) is 0 Å². The van der Waals surface area contributed by atoms with Crippen LogP contribution in [0.1, 0.15) is 32.3 Å². The third kappa shape index (κ3) is 3.71. The van der Waals surface area contributed by atoms with Crippen LogP contribution >= 0.6 is 0 Å². The molecule has 0 amide bonds. The standard InChI is InChI=1S/C16H26N2O/c1-13(12-19)14(2)17-11-15-7-3-4-8-16(15)18-9-5-6-10-18/h3-4,7-8,13-14,17,19H,5-6,9-12H2,1-2H3. The number of aliphatic hydroxyl groups is 1. The van der Waals surface area contributed by atoms with Gasteiger partial charge in [0.25, 0.3) is 0 Å². The summed E-state index contributed by atoms with van der Waals surface area (Å²) >= 11 is 0. The van der Waals surface area contributed by atoms with E-state index in [9.17, 15) is 5.11 Å². The number of hydrogen-bond acceptors (Lipinski definition) is 3. The molecule has 1 fully saturated rings. The molecule has 19 heavy (non-hydrogen) atoms. The predicted octanol–water partition coefficient (Wildman–Crippen LogP) is 2.39. The lowest BCUT2D eigenvalue weighted by atomic mass is 10.0. The Morgan fingerprint density at radius 3 is 2.58 bits per heavy atom. The molecule has 0 aliphatic carbocycles. The summed E-state index contributed by atoms with van der Waals surface area (Å²) in [5.41, 5.74) is 2.73. The minimum atomic E-state index is 0.238. The Kier molecular flexibility index (Phi) is 5.23. The first-order valence-corrected chi connectivity index (χ1v) is 7.39. The highest BCUT2D eigenvalue weighted by atomic mass is 16.3. The first-order valence-electron chi connectivity index (χ1n) is 7.39. The maximum Gasteiger partial charge on any atom is 0.0471 e. The number of hydrogen-bond donors (Lipinski definition) is 2. The molecule has 1 aromatic rings. The SMILES string of the molecule is CC(CO)C(C)NCc1ccccc1N1CCCC1. The molecule has 0 radical (unpaired) electrons. The zero-order chi connectivity index (χ0) is 13.7. The van der Waals surface area contributed by atoms with E-state index in [1.54, 1.807) is 0 Å². The molecule has 1 heterocycles. The molecule has 2 unspecified atom stereocenters. The molecule has 2 atom stereocenters. The topological polar surface area (TPSA) is 35.5 Å². The van der Waals surface area contributed by atoms with Gasteiger partial charge in [0.15, 0.2) is 0 Å². The number of nitrogens with zero attached hydrogens (tertiary/aromatic N) is 1. The smallest absolute Gasteiger partial charge is 0.0471 e. The van der Waals surface area contributed by atoms with E-state index in [0.717, 1.165) is 6.54 Å². The van der Waals surface area contributed by atoms with Crippen molar-refractivity contribution in [3.05, 3.63) is 29.8 Å². The van der Waals surface area contributed by atoms with Gasteiger partial charge < -0.3 is 15.3 Å². The van der Waals surface area contributed by atoms with Crippen molar-refractivity contribution in [3.63, 3.8) is 0 Å². The van der Waals surface area contributed by atoms with Crippen LogP contribution in [0.2, 0.25) is 0 Å². The normalized spacial score (nSPS) is 18.6. The van der Waals surface area contributed by atoms with Gasteiger partial charge in [0.05, 0.1) is 0 Å². The minimum Gasteiger partial charge on any atom is -0.396 e. The maximum atomic E-state index is 9.18. The molecule has 1 saturated heterocycles. The van der Waals surface area contributed by atoms with Crippen molar-refractivity contribution in [1.29, 1.82) is 0 Å². The van der Waals surface area contributed by atoms with Gasteiger partial charge in [-0.15, -0.1) is 0 Å². The quantitative estimate of drug-likeness (QED) is 0.826. The van der Waals surface area contributed by atoms with Crippen LogP contribution in [0.5, 0.6) is 0 Å². The van der Waals surface area contributed by atoms with Crippen molar-refractivity contribution in [2.24, 2.45) is 5.92 Å². The Labute approximate surface area is 116 Å². The van der Waals surface area contributed by atoms with Gasteiger partial charge in [-0.25, -0.2) is 0 Å². The molecule has 0 spiro atoms. The van der Waals surface area contributed by atoms with Crippen LogP contribution in [0.3, 0.4) is 0 Å². The third-order valence-electron chi connectivity index (χ3n) is 4.19. The Balaban J connectivity index is 1.99. The van der Waals surface area contributed by atoms with E-state index in [2.05, 4.69) is 48.3 Å². The highest BCUT2D eigenvalue weighted by Gasteiger charge is 2.16. The number of rotatable bonds is 6. The molecule has 106 valence electrons. The van der Waals surface area contributed by atoms with Crippen molar-refractivity contribution in [2.75, 3.05) is 24.6 Å². The Morgan fingerprint density at radius 2 is 1.89 bits per heavy atom. The van der Waals surface area contributed by atoms with Crippen LogP contribution < -0.4 is 10.2 Å². The Bertz CT molecular complexity index is 388. The highest BCUT2D eigenvalue weighted by Crippen LogP contribution is 2.24. The summed E-state index contributed by atoms with van der Waals surface area (Å²) < 4.78 is 0. The first kappa shape index (κ1) is 14.4. The third-order valence-corrected chi connectivity index (χ3v) is 4.19. The van der Waals surface area contributed by atoms with Gasteiger partial charge in [-0.1, -0.05) is 25.1 Å². The van der Waals surface area contributed by atoms with E-state index in [1.807, 2.05) is 0 Å². The molecular formula is C16H26N2O. The van der Waals surface area contributed by atoms with Crippen LogP contribution in [0.4, 0.5) is 5.69 Å². The van der Waals surface area contributed by atoms with E-state index in [1.165, 1.54) is 37.2 Å². The number of anilines is 1. The lowest BCUT2D eigenvalue weighted by molar-refractivity contribution is 0.207. The number of benzene rings is 1. The van der Waals surface area contributed by atoms with Crippen molar-refractivity contribution in [2.45, 2.75) is 39.3 Å². The summed E-state index contributed by atoms with van der Waals surface area (Å²) in [6.45, 7) is 7.68. The monoisotopic (exact) mass is 262 g/mol. The van der Waals surface area contributed by atoms with E-state index < -0.39 is 0 Å². The van der Waals surface area contributed by atoms with Crippen molar-refractivity contribution < 1.29 is 5.11 Å². The Morgan fingerprint density at radius 1 is 1.21 bits per heavy atom. The molecule has 1 aliphatic heterocycles. The largest absolute Gasteiger partial charge is 0.396 e. The molecule has 0 bridgehead atoms. The molecule has 0 aromatic heterocycles. The Hall–Kier alpha value is -1.06. The number of para-hydroxylation sites is 1. The lowest BCUT2D eigenvalue weighted by Gasteiger charge is -2.24. The highest BCUT2D eigenvalue weighted by molar-refractivity contribution is 5.54. The summed E-state index contributed by atoms with van der Waals surface area (Å²) in [6.07, 6.45) is 2.61. The molecule has 1 aromatic carbocycles. The molecule has 3 nitrogen and oxygen atoms in total. The minimum absolute atomic E-state index is 0.238. The molecule has 2 N–H and O–H groups in total. The van der Waals surface area contributed by atoms with Gasteiger partial charge in [-0.3, -0.25) is 0 Å². The van der Waals surface area contributed by atoms with Crippen molar-refractivity contribution >= 4 is 5.69 Å². The second-order valence-electron chi connectivity index (χ2n) is 5.65. The second kappa shape index (κ2) is 6.92. The van der Waals surface area contributed by atoms with Gasteiger partial charge in [-0.05, 0) is 37.3 Å². The predicted molar refractivity (Wildman–Crippen MR) is 80.4 cm³/mol. The summed E-state index contributed by atoms with van der Waals surface area (Å²) in [5, 5.41) is 12.7. The lowest BCUT2D eigenvalue weighted by Crippen LogP contribution is -2.34. The fraction of sp³-hybridized carbons (Fsp3) is 0.625. The van der Waals surface area contributed by atoms with E-state index >= 15 is 0 Å². The summed E-state index contributed by atoms with van der Waals surface area (Å²) in [4.78, 5) is 2.48. The van der Waals surface area contributed by atoms with Gasteiger partial charge in [0, 0.05) is 38.0 Å². The second-order valence-corrected chi connectivity index (χ2v) is 5.65. The van der Waals surface area contributed by atoms with Gasteiger partial charge in [0.2, 0.25) is 0 Å². The summed E-state index contributed by atoms with van der Waals surface area (Å²) in [7, 11) is 0. The summed E-state index contributed by atoms with van der Waals surface area (Å²) in [5.74, 6) is 0.291. The maximum absolute atomic E-state index is 9.18. The van der Waals surface area contributed by atoms with Crippen LogP contribution in [-0.4, -0.2) is 30.8 Å². The van der Waals surface area contributed by atoms with Gasteiger partial charge in [0.1, 0.15) is 0 Å². The van der Waals surface area contributed by atoms with Crippen molar-refractivity contribution in [1.82, 2.24) is 5.32 Å². The fourth-order valence-corrected chi connectivity index (χ4v) is 2.56. The first-order chi connectivity index (χ1) is 9.22. The van der Waals surface area contributed by atoms with Crippen LogP contribution in [-0.2, 0) is 6.54 Å². The average molecular weight is 262 g/mol. The zero-order valence-corrected chi connectivity index (χ0v) is 12.1. The fourth-order valence-electron chi connectivity index (χ4n) is 2.56. The zero-order valence-electron chi connectivity index (χ0n) is 12.1. The van der Waals surface area contributed by atoms with E-state index in [4.69, 9.17) is 0 Å². The average Bonchev–Trinajstić information content (AvgIpc) is 2.98. The summed E-state index contributed by atoms with van der Waals surface area (Å²) in [6, 6.07) is 8.99. The van der Waals surface area contributed by atoms with E-state index in [-0.39, 0.29) is 6.61 Å². The molecule has 0 saturated carbocycles. The van der Waals surface area contributed by atoms with Crippen molar-refractivity contribution in [3.8, 4) is 0 Å². The van der Waals surface area contributed by atoms with Crippen LogP contribution in [0, 0.1) is 5.92 Å². The number of aliphatic hydroxyl groups excluding tert-OH is 1. The number of nitrogens with one attached hydrogen (secondary N) is 1. The molecular weight excluding hydrogens is 236 g/mol. The molecule has 3 heteroatoms. The van der Waals surface area contributed by atoms with Gasteiger partial charge >= 0.3 is 0 Å². The van der Waals surface area contributed by atoms with Gasteiger partial charge in [-0.2, -0.15) is 0 Å². The molecule has 2 rings (SSSR count). The van der Waals surface area contributed by atoms with Crippen LogP contribution in [0.15, 0.2) is 24.3 Å².